The number of hydrazone groups is 1. The number of amides is 2. The fraction of sp³-hybridized carbons (Fsp3) is 0.125. The number of nitrogens with zero attached hydrogens (tertiary/aromatic N) is 4. The van der Waals surface area contributed by atoms with Crippen LogP contribution < -0.4 is 9.91 Å². The van der Waals surface area contributed by atoms with Crippen LogP contribution in [0.3, 0.4) is 0 Å². The Morgan fingerprint density at radius 3 is 2.30 bits per heavy atom. The van der Waals surface area contributed by atoms with Gasteiger partial charge in [-0.05, 0) is 54.4 Å². The van der Waals surface area contributed by atoms with Gasteiger partial charge in [0.2, 0.25) is 5.91 Å². The molecule has 0 N–H and O–H groups in total. The summed E-state index contributed by atoms with van der Waals surface area (Å²) in [6.45, 7) is 1.76. The van der Waals surface area contributed by atoms with Gasteiger partial charge in [0.15, 0.2) is 0 Å². The highest BCUT2D eigenvalue weighted by Gasteiger charge is 2.57. The number of imide groups is 1. The fourth-order valence-electron chi connectivity index (χ4n) is 4.28. The third-order valence-electron chi connectivity index (χ3n) is 5.92. The number of carbonyl (C=O) groups is 2. The number of fused-ring (bicyclic) bond motifs is 1. The van der Waals surface area contributed by atoms with E-state index >= 15 is 0 Å². The molecule has 0 aromatic heterocycles. The molecule has 0 saturated carbocycles. The van der Waals surface area contributed by atoms with Crippen molar-refractivity contribution >= 4 is 46.2 Å². The molecule has 2 amide bonds. The molecule has 164 valence electrons. The summed E-state index contributed by atoms with van der Waals surface area (Å²) in [5.74, 6) is -1.68. The lowest BCUT2D eigenvalue weighted by Gasteiger charge is -2.23. The summed E-state index contributed by atoms with van der Waals surface area (Å²) in [5.41, 5.74) is 2.58. The monoisotopic (exact) mass is 460 g/mol. The van der Waals surface area contributed by atoms with Crippen LogP contribution in [0.5, 0.6) is 0 Å². The quantitative estimate of drug-likeness (QED) is 0.328. The van der Waals surface area contributed by atoms with Gasteiger partial charge in [0.1, 0.15) is 12.0 Å². The fourth-order valence-corrected chi connectivity index (χ4v) is 4.45. The lowest BCUT2D eigenvalue weighted by Crippen LogP contribution is -2.39. The molecule has 1 fully saturated rings. The molecule has 0 aliphatic carbocycles. The van der Waals surface area contributed by atoms with Crippen LogP contribution in [-0.4, -0.2) is 28.5 Å². The molecule has 9 heteroatoms. The number of nitro groups is 1. The van der Waals surface area contributed by atoms with Crippen LogP contribution in [-0.2, 0) is 9.59 Å². The molecule has 5 rings (SSSR count). The lowest BCUT2D eigenvalue weighted by atomic mass is 9.92. The first-order valence-corrected chi connectivity index (χ1v) is 10.6. The summed E-state index contributed by atoms with van der Waals surface area (Å²) in [4.78, 5) is 39.0. The Kier molecular flexibility index (Phi) is 4.94. The third kappa shape index (κ3) is 3.27. The summed E-state index contributed by atoms with van der Waals surface area (Å²) in [6.07, 6.45) is 0. The number of halogens is 1. The minimum Gasteiger partial charge on any atom is -0.273 e. The highest BCUT2D eigenvalue weighted by molar-refractivity contribution is 6.36. The molecule has 3 aromatic rings. The van der Waals surface area contributed by atoms with E-state index in [4.69, 9.17) is 11.6 Å². The van der Waals surface area contributed by atoms with Gasteiger partial charge in [-0.3, -0.25) is 24.7 Å². The maximum Gasteiger partial charge on any atom is 0.269 e. The van der Waals surface area contributed by atoms with E-state index in [9.17, 15) is 19.7 Å². The summed E-state index contributed by atoms with van der Waals surface area (Å²) in [6, 6.07) is 19.1. The molecule has 1 saturated heterocycles. The van der Waals surface area contributed by atoms with E-state index in [1.165, 1.54) is 17.0 Å². The molecular formula is C24H17ClN4O4. The van der Waals surface area contributed by atoms with Crippen molar-refractivity contribution < 1.29 is 14.5 Å². The second kappa shape index (κ2) is 7.83. The molecule has 0 radical (unpaired) electrons. The number of hydrogen-bond donors (Lipinski definition) is 0. The number of para-hydroxylation sites is 1. The Balaban J connectivity index is 1.63. The standard InChI is InChI=1S/C24H17ClN4O4/c1-14-18(25)8-5-9-19(14)27-23(30)20-21(15-10-12-17(13-11-15)29(32)33)26-28(22(20)24(27)31)16-6-3-2-4-7-16/h2-13,20,22H,1H3/t20-,22+/m0/s1. The van der Waals surface area contributed by atoms with Crippen LogP contribution in [0.4, 0.5) is 17.1 Å². The van der Waals surface area contributed by atoms with E-state index in [0.717, 1.165) is 0 Å². The molecule has 33 heavy (non-hydrogen) atoms. The van der Waals surface area contributed by atoms with E-state index in [0.29, 0.717) is 33.2 Å². The zero-order chi connectivity index (χ0) is 23.3. The molecule has 0 spiro atoms. The Morgan fingerprint density at radius 1 is 0.939 bits per heavy atom. The first-order valence-electron chi connectivity index (χ1n) is 10.2. The average Bonchev–Trinajstić information content (AvgIpc) is 3.33. The molecular weight excluding hydrogens is 444 g/mol. The molecule has 2 heterocycles. The highest BCUT2D eigenvalue weighted by atomic mass is 35.5. The van der Waals surface area contributed by atoms with Gasteiger partial charge in [-0.15, -0.1) is 0 Å². The van der Waals surface area contributed by atoms with Crippen molar-refractivity contribution in [2.45, 2.75) is 13.0 Å². The van der Waals surface area contributed by atoms with Gasteiger partial charge in [0.05, 0.1) is 22.0 Å². The summed E-state index contributed by atoms with van der Waals surface area (Å²) >= 11 is 6.26. The number of carbonyl (C=O) groups excluding carboxylic acids is 2. The SMILES string of the molecule is Cc1c(Cl)cccc1N1C(=O)[C@H]2C(c3ccc([N+](=O)[O-])cc3)=NN(c3ccccc3)[C@H]2C1=O. The number of benzene rings is 3. The van der Waals surface area contributed by atoms with Crippen molar-refractivity contribution in [3.05, 3.63) is 99.1 Å². The lowest BCUT2D eigenvalue weighted by molar-refractivity contribution is -0.384. The number of rotatable bonds is 4. The number of hydrogen-bond acceptors (Lipinski definition) is 6. The predicted molar refractivity (Wildman–Crippen MR) is 125 cm³/mol. The molecule has 0 bridgehead atoms. The van der Waals surface area contributed by atoms with Gasteiger partial charge in [-0.1, -0.05) is 35.9 Å². The Hall–Kier alpha value is -4.04. The van der Waals surface area contributed by atoms with Gasteiger partial charge >= 0.3 is 0 Å². The van der Waals surface area contributed by atoms with Crippen LogP contribution in [0.25, 0.3) is 0 Å². The van der Waals surface area contributed by atoms with Crippen molar-refractivity contribution in [3.63, 3.8) is 0 Å². The average molecular weight is 461 g/mol. The third-order valence-corrected chi connectivity index (χ3v) is 6.33. The first kappa shape index (κ1) is 20.8. The molecule has 2 aliphatic heterocycles. The van der Waals surface area contributed by atoms with Gasteiger partial charge in [-0.25, -0.2) is 4.90 Å². The van der Waals surface area contributed by atoms with Crippen LogP contribution >= 0.6 is 11.6 Å². The second-order valence-electron chi connectivity index (χ2n) is 7.79. The van der Waals surface area contributed by atoms with Gasteiger partial charge in [-0.2, -0.15) is 5.10 Å². The summed E-state index contributed by atoms with van der Waals surface area (Å²) in [5, 5.41) is 17.7. The van der Waals surface area contributed by atoms with E-state index in [-0.39, 0.29) is 5.69 Å². The minimum atomic E-state index is -0.872. The molecule has 0 unspecified atom stereocenters. The van der Waals surface area contributed by atoms with E-state index in [1.54, 1.807) is 42.3 Å². The molecule has 3 aromatic carbocycles. The largest absolute Gasteiger partial charge is 0.273 e. The Morgan fingerprint density at radius 2 is 1.64 bits per heavy atom. The molecule has 8 nitrogen and oxygen atoms in total. The zero-order valence-electron chi connectivity index (χ0n) is 17.4. The van der Waals surface area contributed by atoms with Crippen LogP contribution in [0.15, 0.2) is 77.9 Å². The minimum absolute atomic E-state index is 0.0705. The highest BCUT2D eigenvalue weighted by Crippen LogP contribution is 2.40. The van der Waals surface area contributed by atoms with Crippen molar-refractivity contribution in [3.8, 4) is 0 Å². The summed E-state index contributed by atoms with van der Waals surface area (Å²) < 4.78 is 0. The van der Waals surface area contributed by atoms with Crippen LogP contribution in [0.1, 0.15) is 11.1 Å². The number of nitro benzene ring substituents is 1. The first-order chi connectivity index (χ1) is 15.9. The zero-order valence-corrected chi connectivity index (χ0v) is 18.1. The van der Waals surface area contributed by atoms with E-state index in [1.807, 2.05) is 30.3 Å². The Bertz CT molecular complexity index is 1320. The van der Waals surface area contributed by atoms with Crippen molar-refractivity contribution in [2.75, 3.05) is 9.91 Å². The van der Waals surface area contributed by atoms with Crippen LogP contribution in [0.2, 0.25) is 5.02 Å². The smallest absolute Gasteiger partial charge is 0.269 e. The topological polar surface area (TPSA) is 96.1 Å². The van der Waals surface area contributed by atoms with Gasteiger partial charge in [0, 0.05) is 17.2 Å². The van der Waals surface area contributed by atoms with E-state index < -0.39 is 28.7 Å². The summed E-state index contributed by atoms with van der Waals surface area (Å²) in [7, 11) is 0. The molecule has 2 aliphatic rings. The van der Waals surface area contributed by atoms with Gasteiger partial charge < -0.3 is 0 Å². The second-order valence-corrected chi connectivity index (χ2v) is 8.19. The van der Waals surface area contributed by atoms with Gasteiger partial charge in [0.25, 0.3) is 11.6 Å². The normalized spacial score (nSPS) is 19.6. The predicted octanol–water partition coefficient (Wildman–Crippen LogP) is 4.34. The maximum absolute atomic E-state index is 13.6. The number of anilines is 2. The van der Waals surface area contributed by atoms with Crippen molar-refractivity contribution in [1.29, 1.82) is 0 Å². The number of non-ortho nitro benzene ring substituents is 1. The van der Waals surface area contributed by atoms with E-state index in [2.05, 4.69) is 5.10 Å². The Labute approximate surface area is 193 Å². The van der Waals surface area contributed by atoms with Crippen molar-refractivity contribution in [1.82, 2.24) is 0 Å². The molecule has 2 atom stereocenters. The maximum atomic E-state index is 13.6. The van der Waals surface area contributed by atoms with Crippen molar-refractivity contribution in [2.24, 2.45) is 11.0 Å². The van der Waals surface area contributed by atoms with Crippen LogP contribution in [0, 0.1) is 23.0 Å².